The second-order valence-corrected chi connectivity index (χ2v) is 4.57. The van der Waals surface area contributed by atoms with Crippen LogP contribution < -0.4 is 10.6 Å². The Morgan fingerprint density at radius 2 is 2.10 bits per heavy atom. The molecule has 1 atom stereocenters. The zero-order valence-corrected chi connectivity index (χ0v) is 11.1. The molecule has 106 valence electrons. The number of amides is 2. The van der Waals surface area contributed by atoms with E-state index >= 15 is 0 Å². The highest BCUT2D eigenvalue weighted by molar-refractivity contribution is 5.83. The molecule has 1 aromatic heterocycles. The summed E-state index contributed by atoms with van der Waals surface area (Å²) >= 11 is 0. The van der Waals surface area contributed by atoms with Crippen LogP contribution in [0.5, 0.6) is 0 Å². The molecule has 0 aliphatic carbocycles. The van der Waals surface area contributed by atoms with E-state index in [1.807, 2.05) is 30.5 Å². The van der Waals surface area contributed by atoms with Crippen molar-refractivity contribution in [3.05, 3.63) is 36.0 Å². The molecule has 2 amide bonds. The molecule has 0 fully saturated rings. The van der Waals surface area contributed by atoms with Gasteiger partial charge in [0, 0.05) is 23.6 Å². The van der Waals surface area contributed by atoms with Crippen LogP contribution in [0.3, 0.4) is 0 Å². The highest BCUT2D eigenvalue weighted by Crippen LogP contribution is 2.17. The molecular formula is C14H17N3O3. The van der Waals surface area contributed by atoms with Crippen molar-refractivity contribution in [2.45, 2.75) is 19.4 Å². The Bertz CT molecular complexity index is 621. The van der Waals surface area contributed by atoms with Crippen molar-refractivity contribution >= 4 is 22.9 Å². The summed E-state index contributed by atoms with van der Waals surface area (Å²) in [5, 5.41) is 14.8. The summed E-state index contributed by atoms with van der Waals surface area (Å²) in [6.45, 7) is 1.86. The van der Waals surface area contributed by atoms with Crippen molar-refractivity contribution in [1.29, 1.82) is 0 Å². The van der Waals surface area contributed by atoms with E-state index in [-0.39, 0.29) is 0 Å². The van der Waals surface area contributed by atoms with Crippen LogP contribution in [0.25, 0.3) is 10.9 Å². The van der Waals surface area contributed by atoms with Crippen LogP contribution in [-0.2, 0) is 11.2 Å². The summed E-state index contributed by atoms with van der Waals surface area (Å²) in [7, 11) is 0. The third-order valence-corrected chi connectivity index (χ3v) is 3.07. The second kappa shape index (κ2) is 6.10. The number of benzene rings is 1. The number of rotatable bonds is 5. The van der Waals surface area contributed by atoms with E-state index in [0.29, 0.717) is 13.0 Å². The zero-order valence-electron chi connectivity index (χ0n) is 11.1. The highest BCUT2D eigenvalue weighted by Gasteiger charge is 2.13. The van der Waals surface area contributed by atoms with E-state index in [9.17, 15) is 9.59 Å². The van der Waals surface area contributed by atoms with Crippen molar-refractivity contribution in [3.8, 4) is 0 Å². The minimum Gasteiger partial charge on any atom is -0.480 e. The summed E-state index contributed by atoms with van der Waals surface area (Å²) in [5.74, 6) is -1.06. The van der Waals surface area contributed by atoms with Crippen molar-refractivity contribution in [2.24, 2.45) is 0 Å². The number of carbonyl (C=O) groups is 2. The van der Waals surface area contributed by atoms with E-state index in [0.717, 1.165) is 16.5 Å². The molecule has 4 N–H and O–H groups in total. The first-order chi connectivity index (χ1) is 9.58. The maximum atomic E-state index is 11.5. The van der Waals surface area contributed by atoms with Crippen LogP contribution in [-0.4, -0.2) is 34.7 Å². The fourth-order valence-corrected chi connectivity index (χ4v) is 1.96. The fourth-order valence-electron chi connectivity index (χ4n) is 1.96. The maximum absolute atomic E-state index is 11.5. The number of urea groups is 1. The predicted molar refractivity (Wildman–Crippen MR) is 75.6 cm³/mol. The molecule has 6 heteroatoms. The number of H-pyrrole nitrogens is 1. The Morgan fingerprint density at radius 1 is 1.35 bits per heavy atom. The summed E-state index contributed by atoms with van der Waals surface area (Å²) in [4.78, 5) is 25.2. The Morgan fingerprint density at radius 3 is 2.85 bits per heavy atom. The van der Waals surface area contributed by atoms with E-state index < -0.39 is 18.0 Å². The SMILES string of the molecule is CC(NC(=O)NCCc1c[nH]c2ccccc12)C(=O)O. The number of hydrogen-bond acceptors (Lipinski definition) is 2. The van der Waals surface area contributed by atoms with Gasteiger partial charge in [0.15, 0.2) is 0 Å². The van der Waals surface area contributed by atoms with Crippen molar-refractivity contribution in [2.75, 3.05) is 6.54 Å². The summed E-state index contributed by atoms with van der Waals surface area (Å²) in [5.41, 5.74) is 2.18. The van der Waals surface area contributed by atoms with Gasteiger partial charge in [-0.2, -0.15) is 0 Å². The third kappa shape index (κ3) is 3.28. The Kier molecular flexibility index (Phi) is 4.24. The molecule has 0 spiro atoms. The Hall–Kier alpha value is -2.50. The number of aromatic amines is 1. The topological polar surface area (TPSA) is 94.2 Å². The van der Waals surface area contributed by atoms with Gasteiger partial charge in [-0.25, -0.2) is 4.79 Å². The fraction of sp³-hybridized carbons (Fsp3) is 0.286. The lowest BCUT2D eigenvalue weighted by molar-refractivity contribution is -0.138. The standard InChI is InChI=1S/C14H17N3O3/c1-9(13(18)19)17-14(20)15-7-6-10-8-16-12-5-3-2-4-11(10)12/h2-5,8-9,16H,6-7H2,1H3,(H,18,19)(H2,15,17,20). The predicted octanol–water partition coefficient (Wildman–Crippen LogP) is 1.48. The molecule has 20 heavy (non-hydrogen) atoms. The molecule has 0 radical (unpaired) electrons. The number of aliphatic carboxylic acids is 1. The zero-order chi connectivity index (χ0) is 14.5. The first kappa shape index (κ1) is 13.9. The number of carboxylic acid groups (broad SMARTS) is 1. The number of fused-ring (bicyclic) bond motifs is 1. The lowest BCUT2D eigenvalue weighted by atomic mass is 10.1. The lowest BCUT2D eigenvalue weighted by Crippen LogP contribution is -2.44. The monoisotopic (exact) mass is 275 g/mol. The molecule has 0 aliphatic heterocycles. The maximum Gasteiger partial charge on any atom is 0.325 e. The van der Waals surface area contributed by atoms with Gasteiger partial charge in [-0.15, -0.1) is 0 Å². The quantitative estimate of drug-likeness (QED) is 0.665. The van der Waals surface area contributed by atoms with Crippen molar-refractivity contribution < 1.29 is 14.7 Å². The summed E-state index contributed by atoms with van der Waals surface area (Å²) < 4.78 is 0. The highest BCUT2D eigenvalue weighted by atomic mass is 16.4. The van der Waals surface area contributed by atoms with Gasteiger partial charge >= 0.3 is 12.0 Å². The molecule has 0 bridgehead atoms. The van der Waals surface area contributed by atoms with E-state index in [1.54, 1.807) is 0 Å². The number of para-hydroxylation sites is 1. The van der Waals surface area contributed by atoms with Crippen LogP contribution in [0, 0.1) is 0 Å². The number of hydrogen-bond donors (Lipinski definition) is 4. The van der Waals surface area contributed by atoms with Gasteiger partial charge in [-0.05, 0) is 25.0 Å². The number of aromatic nitrogens is 1. The molecule has 0 aliphatic rings. The van der Waals surface area contributed by atoms with Gasteiger partial charge in [0.2, 0.25) is 0 Å². The molecule has 1 heterocycles. The molecule has 1 aromatic carbocycles. The van der Waals surface area contributed by atoms with Crippen LogP contribution in [0.1, 0.15) is 12.5 Å². The second-order valence-electron chi connectivity index (χ2n) is 4.57. The molecular weight excluding hydrogens is 258 g/mol. The normalized spacial score (nSPS) is 12.1. The first-order valence-electron chi connectivity index (χ1n) is 6.40. The van der Waals surface area contributed by atoms with E-state index in [2.05, 4.69) is 15.6 Å². The van der Waals surface area contributed by atoms with Gasteiger partial charge < -0.3 is 20.7 Å². The molecule has 0 saturated heterocycles. The van der Waals surface area contributed by atoms with E-state index in [4.69, 9.17) is 5.11 Å². The largest absolute Gasteiger partial charge is 0.480 e. The van der Waals surface area contributed by atoms with Crippen molar-refractivity contribution in [3.63, 3.8) is 0 Å². The van der Waals surface area contributed by atoms with E-state index in [1.165, 1.54) is 6.92 Å². The van der Waals surface area contributed by atoms with Crippen LogP contribution in [0.2, 0.25) is 0 Å². The molecule has 6 nitrogen and oxygen atoms in total. The van der Waals surface area contributed by atoms with Gasteiger partial charge in [0.05, 0.1) is 0 Å². The molecule has 2 rings (SSSR count). The van der Waals surface area contributed by atoms with Crippen LogP contribution in [0.4, 0.5) is 4.79 Å². The summed E-state index contributed by atoms with van der Waals surface area (Å²) in [6.07, 6.45) is 2.60. The number of carbonyl (C=O) groups excluding carboxylic acids is 1. The van der Waals surface area contributed by atoms with Gasteiger partial charge in [-0.1, -0.05) is 18.2 Å². The van der Waals surface area contributed by atoms with Crippen molar-refractivity contribution in [1.82, 2.24) is 15.6 Å². The molecule has 2 aromatic rings. The number of nitrogens with one attached hydrogen (secondary N) is 3. The minimum atomic E-state index is -1.06. The smallest absolute Gasteiger partial charge is 0.325 e. The van der Waals surface area contributed by atoms with Gasteiger partial charge in [0.1, 0.15) is 6.04 Å². The first-order valence-corrected chi connectivity index (χ1v) is 6.40. The molecule has 1 unspecified atom stereocenters. The Labute approximate surface area is 116 Å². The summed E-state index contributed by atoms with van der Waals surface area (Å²) in [6, 6.07) is 6.57. The lowest BCUT2D eigenvalue weighted by Gasteiger charge is -2.10. The third-order valence-electron chi connectivity index (χ3n) is 3.07. The molecule has 0 saturated carbocycles. The minimum absolute atomic E-state index is 0.444. The average molecular weight is 275 g/mol. The van der Waals surface area contributed by atoms with Crippen LogP contribution in [0.15, 0.2) is 30.5 Å². The van der Waals surface area contributed by atoms with Crippen LogP contribution >= 0.6 is 0 Å². The number of carboxylic acids is 1. The Balaban J connectivity index is 1.84. The van der Waals surface area contributed by atoms with Gasteiger partial charge in [-0.3, -0.25) is 4.79 Å². The average Bonchev–Trinajstić information content (AvgIpc) is 2.82. The van der Waals surface area contributed by atoms with Gasteiger partial charge in [0.25, 0.3) is 0 Å².